The largest absolute Gasteiger partial charge is 0.388 e. The summed E-state index contributed by atoms with van der Waals surface area (Å²) in [7, 11) is 3.08. The number of nitrogens with zero attached hydrogens (tertiary/aromatic N) is 1. The van der Waals surface area contributed by atoms with Gasteiger partial charge in [0.2, 0.25) is 0 Å². The van der Waals surface area contributed by atoms with Crippen LogP contribution in [0.15, 0.2) is 0 Å². The van der Waals surface area contributed by atoms with Gasteiger partial charge in [0.25, 0.3) is 5.91 Å². The van der Waals surface area contributed by atoms with Crippen molar-refractivity contribution in [1.82, 2.24) is 4.90 Å². The van der Waals surface area contributed by atoms with Gasteiger partial charge in [-0.05, 0) is 26.7 Å². The molecule has 26 heavy (non-hydrogen) atoms. The van der Waals surface area contributed by atoms with Crippen LogP contribution in [-0.4, -0.2) is 90.2 Å². The molecular weight excluding hydrogens is 342 g/mol. The molecule has 1 heterocycles. The van der Waals surface area contributed by atoms with Gasteiger partial charge in [-0.1, -0.05) is 13.8 Å². The molecule has 3 unspecified atom stereocenters. The summed E-state index contributed by atoms with van der Waals surface area (Å²) in [5.74, 6) is -0.924. The summed E-state index contributed by atoms with van der Waals surface area (Å²) in [6.07, 6.45) is -5.87. The van der Waals surface area contributed by atoms with E-state index in [2.05, 4.69) is 0 Å². The van der Waals surface area contributed by atoms with E-state index in [1.54, 1.807) is 27.9 Å². The summed E-state index contributed by atoms with van der Waals surface area (Å²) in [6, 6.07) is 0. The summed E-state index contributed by atoms with van der Waals surface area (Å²) in [5.41, 5.74) is 0. The van der Waals surface area contributed by atoms with Gasteiger partial charge >= 0.3 is 0 Å². The van der Waals surface area contributed by atoms with Gasteiger partial charge in [-0.2, -0.15) is 0 Å². The van der Waals surface area contributed by atoms with E-state index in [0.29, 0.717) is 0 Å². The summed E-state index contributed by atoms with van der Waals surface area (Å²) >= 11 is 0. The third-order valence-electron chi connectivity index (χ3n) is 4.27. The summed E-state index contributed by atoms with van der Waals surface area (Å²) < 4.78 is 17.2. The van der Waals surface area contributed by atoms with E-state index in [4.69, 9.17) is 14.2 Å². The molecule has 152 valence electrons. The number of amides is 1. The average Bonchev–Trinajstić information content (AvgIpc) is 2.52. The lowest BCUT2D eigenvalue weighted by atomic mass is 9.89. The zero-order valence-electron chi connectivity index (χ0n) is 16.7. The number of ether oxygens (including phenoxy) is 3. The molecule has 1 rings (SSSR count). The maximum Gasteiger partial charge on any atom is 0.258 e. The lowest BCUT2D eigenvalue weighted by Gasteiger charge is -2.44. The van der Waals surface area contributed by atoms with Gasteiger partial charge in [0.05, 0.1) is 18.8 Å². The van der Waals surface area contributed by atoms with Crippen molar-refractivity contribution >= 4 is 11.7 Å². The van der Waals surface area contributed by atoms with Crippen molar-refractivity contribution in [3.63, 3.8) is 0 Å². The number of aliphatic hydroxyl groups excluding tert-OH is 2. The van der Waals surface area contributed by atoms with E-state index in [0.717, 1.165) is 0 Å². The first-order valence-corrected chi connectivity index (χ1v) is 8.97. The van der Waals surface area contributed by atoms with E-state index in [-0.39, 0.29) is 18.6 Å². The van der Waals surface area contributed by atoms with Crippen LogP contribution in [0.1, 0.15) is 34.6 Å². The zero-order valence-corrected chi connectivity index (χ0v) is 16.7. The molecule has 2 N–H and O–H groups in total. The Bertz CT molecular complexity index is 480. The molecule has 1 aliphatic rings. The third kappa shape index (κ3) is 5.72. The number of carbonyl (C=O) groups excluding carboxylic acids is 2. The van der Waals surface area contributed by atoms with E-state index in [9.17, 15) is 19.8 Å². The average molecular weight is 375 g/mol. The molecule has 1 fully saturated rings. The number of ketones is 1. The van der Waals surface area contributed by atoms with Crippen molar-refractivity contribution in [3.8, 4) is 0 Å². The molecule has 8 nitrogen and oxygen atoms in total. The molecule has 6 atom stereocenters. The Morgan fingerprint density at radius 2 is 1.69 bits per heavy atom. The normalized spacial score (nSPS) is 30.5. The minimum atomic E-state index is -1.24. The molecule has 0 spiro atoms. The molecule has 0 aliphatic carbocycles. The fourth-order valence-electron chi connectivity index (χ4n) is 2.92. The smallest absolute Gasteiger partial charge is 0.258 e. The Morgan fingerprint density at radius 1 is 1.12 bits per heavy atom. The van der Waals surface area contributed by atoms with E-state index in [1.807, 2.05) is 13.8 Å². The fraction of sp³-hybridized carbons (Fsp3) is 0.889. The number of aliphatic hydroxyl groups is 2. The molecule has 0 aromatic rings. The van der Waals surface area contributed by atoms with Crippen LogP contribution in [0.5, 0.6) is 0 Å². The minimum absolute atomic E-state index is 0.0471. The predicted octanol–water partition coefficient (Wildman–Crippen LogP) is -0.0124. The molecule has 1 aliphatic heterocycles. The van der Waals surface area contributed by atoms with E-state index in [1.165, 1.54) is 11.8 Å². The second-order valence-corrected chi connectivity index (χ2v) is 7.57. The van der Waals surface area contributed by atoms with Gasteiger partial charge in [0, 0.05) is 14.1 Å². The highest BCUT2D eigenvalue weighted by atomic mass is 16.6. The monoisotopic (exact) mass is 375 g/mol. The molecular formula is C18H33NO7. The van der Waals surface area contributed by atoms with Crippen LogP contribution in [0.2, 0.25) is 0 Å². The van der Waals surface area contributed by atoms with Crippen LogP contribution in [0, 0.1) is 5.92 Å². The molecule has 0 aromatic carbocycles. The van der Waals surface area contributed by atoms with Crippen LogP contribution in [0.4, 0.5) is 0 Å². The minimum Gasteiger partial charge on any atom is -0.388 e. The standard InChI is InChI=1S/C18H33NO7/c1-9(2)15-13(21)14(22)17(25-10(3)4)12(26-15)8-24-16(11(5)20)18(23)19(6)7/h9-10,12-17,21-22H,8H2,1-7H3/t12?,13?,14-,15+,16?,17-/m1/s1. The molecule has 0 aromatic heterocycles. The third-order valence-corrected chi connectivity index (χ3v) is 4.27. The highest BCUT2D eigenvalue weighted by Crippen LogP contribution is 2.28. The highest BCUT2D eigenvalue weighted by Gasteiger charge is 2.47. The van der Waals surface area contributed by atoms with Gasteiger partial charge < -0.3 is 29.3 Å². The summed E-state index contributed by atoms with van der Waals surface area (Å²) in [5, 5.41) is 20.8. The lowest BCUT2D eigenvalue weighted by Crippen LogP contribution is -2.61. The summed E-state index contributed by atoms with van der Waals surface area (Å²) in [4.78, 5) is 25.2. The Hall–Kier alpha value is -1.06. The molecule has 1 amide bonds. The number of carbonyl (C=O) groups is 2. The zero-order chi connectivity index (χ0) is 20.2. The van der Waals surface area contributed by atoms with E-state index < -0.39 is 48.3 Å². The molecule has 8 heteroatoms. The first kappa shape index (κ1) is 23.0. The topological polar surface area (TPSA) is 106 Å². The Kier molecular flexibility index (Phi) is 8.62. The number of rotatable bonds is 8. The van der Waals surface area contributed by atoms with Crippen molar-refractivity contribution in [2.24, 2.45) is 5.92 Å². The van der Waals surface area contributed by atoms with Gasteiger partial charge in [0.1, 0.15) is 24.4 Å². The van der Waals surface area contributed by atoms with Crippen molar-refractivity contribution in [2.45, 2.75) is 77.3 Å². The van der Waals surface area contributed by atoms with Gasteiger partial charge in [-0.15, -0.1) is 0 Å². The van der Waals surface area contributed by atoms with Crippen LogP contribution in [0.3, 0.4) is 0 Å². The highest BCUT2D eigenvalue weighted by molar-refractivity contribution is 6.03. The van der Waals surface area contributed by atoms with Crippen molar-refractivity contribution in [1.29, 1.82) is 0 Å². The lowest BCUT2D eigenvalue weighted by molar-refractivity contribution is -0.260. The van der Waals surface area contributed by atoms with Crippen LogP contribution in [-0.2, 0) is 23.8 Å². The molecule has 0 saturated carbocycles. The molecule has 1 saturated heterocycles. The second kappa shape index (κ2) is 9.75. The molecule has 0 bridgehead atoms. The van der Waals surface area contributed by atoms with Crippen LogP contribution in [0.25, 0.3) is 0 Å². The number of likely N-dealkylation sites (N-methyl/N-ethyl adjacent to an activating group) is 1. The van der Waals surface area contributed by atoms with Crippen LogP contribution >= 0.6 is 0 Å². The SMILES string of the molecule is CC(=O)C(OCC1O[C@@H](C(C)C)C(O)[C@@H](O)[C@@H]1OC(C)C)C(=O)N(C)C. The van der Waals surface area contributed by atoms with Crippen molar-refractivity contribution < 1.29 is 34.0 Å². The van der Waals surface area contributed by atoms with Crippen molar-refractivity contribution in [3.05, 3.63) is 0 Å². The quantitative estimate of drug-likeness (QED) is 0.575. The van der Waals surface area contributed by atoms with Gasteiger partial charge in [0.15, 0.2) is 11.9 Å². The van der Waals surface area contributed by atoms with Gasteiger partial charge in [-0.25, -0.2) is 0 Å². The number of Topliss-reactive ketones (excluding diaryl/α,β-unsaturated/α-hetero) is 1. The summed E-state index contributed by atoms with van der Waals surface area (Å²) in [6.45, 7) is 8.52. The van der Waals surface area contributed by atoms with Crippen LogP contribution < -0.4 is 0 Å². The van der Waals surface area contributed by atoms with E-state index >= 15 is 0 Å². The maximum absolute atomic E-state index is 12.1. The van der Waals surface area contributed by atoms with Crippen molar-refractivity contribution in [2.75, 3.05) is 20.7 Å². The maximum atomic E-state index is 12.1. The fourth-order valence-corrected chi connectivity index (χ4v) is 2.92. The predicted molar refractivity (Wildman–Crippen MR) is 94.6 cm³/mol. The second-order valence-electron chi connectivity index (χ2n) is 7.57. The molecule has 0 radical (unpaired) electrons. The number of hydrogen-bond acceptors (Lipinski definition) is 7. The van der Waals surface area contributed by atoms with Gasteiger partial charge in [-0.3, -0.25) is 9.59 Å². The first-order chi connectivity index (χ1) is 12.0. The Labute approximate surface area is 155 Å². The Balaban J connectivity index is 2.95. The Morgan fingerprint density at radius 3 is 2.12 bits per heavy atom. The first-order valence-electron chi connectivity index (χ1n) is 8.97. The number of hydrogen-bond donors (Lipinski definition) is 2.